The number of benzene rings is 1. The number of ether oxygens (including phenoxy) is 2. The second kappa shape index (κ2) is 6.40. The lowest BCUT2D eigenvalue weighted by Gasteiger charge is -2.41. The molecule has 106 valence electrons. The van der Waals surface area contributed by atoms with E-state index >= 15 is 0 Å². The van der Waals surface area contributed by atoms with Gasteiger partial charge in [-0.15, -0.1) is 0 Å². The topological polar surface area (TPSA) is 44.5 Å². The first-order valence-electron chi connectivity index (χ1n) is 7.26. The first-order chi connectivity index (χ1) is 9.23. The van der Waals surface area contributed by atoms with Crippen LogP contribution in [0.2, 0.25) is 0 Å². The van der Waals surface area contributed by atoms with Crippen LogP contribution in [-0.4, -0.2) is 19.3 Å². The maximum Gasteiger partial charge on any atom is 0.124 e. The van der Waals surface area contributed by atoms with E-state index in [2.05, 4.69) is 6.07 Å². The summed E-state index contributed by atoms with van der Waals surface area (Å²) in [4.78, 5) is 0. The van der Waals surface area contributed by atoms with Gasteiger partial charge in [0.25, 0.3) is 0 Å². The molecule has 2 rings (SSSR count). The molecule has 1 saturated carbocycles. The highest BCUT2D eigenvalue weighted by molar-refractivity contribution is 5.37. The number of rotatable bonds is 5. The van der Waals surface area contributed by atoms with Crippen molar-refractivity contribution >= 4 is 0 Å². The van der Waals surface area contributed by atoms with Crippen molar-refractivity contribution in [2.45, 2.75) is 50.7 Å². The van der Waals surface area contributed by atoms with Crippen molar-refractivity contribution in [3.63, 3.8) is 0 Å². The Hall–Kier alpha value is -1.06. The first-order valence-corrected chi connectivity index (χ1v) is 7.26. The summed E-state index contributed by atoms with van der Waals surface area (Å²) >= 11 is 0. The van der Waals surface area contributed by atoms with Crippen molar-refractivity contribution < 1.29 is 9.47 Å². The van der Waals surface area contributed by atoms with Crippen LogP contribution in [0.3, 0.4) is 0 Å². The van der Waals surface area contributed by atoms with Crippen LogP contribution in [-0.2, 0) is 4.74 Å². The lowest BCUT2D eigenvalue weighted by molar-refractivity contribution is -0.0599. The largest absolute Gasteiger partial charge is 0.494 e. The highest BCUT2D eigenvalue weighted by Gasteiger charge is 2.39. The molecule has 1 aliphatic carbocycles. The van der Waals surface area contributed by atoms with Gasteiger partial charge < -0.3 is 15.2 Å². The van der Waals surface area contributed by atoms with Crippen LogP contribution in [0.5, 0.6) is 5.75 Å². The van der Waals surface area contributed by atoms with Crippen molar-refractivity contribution in [1.29, 1.82) is 0 Å². The van der Waals surface area contributed by atoms with Gasteiger partial charge in [0.05, 0.1) is 18.2 Å². The van der Waals surface area contributed by atoms with E-state index in [1.165, 1.54) is 19.3 Å². The van der Waals surface area contributed by atoms with E-state index in [-0.39, 0.29) is 11.6 Å². The van der Waals surface area contributed by atoms with Crippen LogP contribution in [0, 0.1) is 0 Å². The van der Waals surface area contributed by atoms with Gasteiger partial charge in [0.1, 0.15) is 5.75 Å². The molecule has 3 nitrogen and oxygen atoms in total. The SMILES string of the molecule is CCOc1ccccc1C(N)C1(OC)CCCCC1. The minimum atomic E-state index is -0.231. The number of methoxy groups -OCH3 is 1. The molecule has 1 aromatic carbocycles. The Kier molecular flexibility index (Phi) is 4.83. The molecule has 1 fully saturated rings. The molecule has 0 radical (unpaired) electrons. The number of para-hydroxylation sites is 1. The van der Waals surface area contributed by atoms with Crippen LogP contribution in [0.4, 0.5) is 0 Å². The monoisotopic (exact) mass is 263 g/mol. The second-order valence-electron chi connectivity index (χ2n) is 5.28. The molecule has 0 aliphatic heterocycles. The summed E-state index contributed by atoms with van der Waals surface area (Å²) in [5.74, 6) is 0.888. The summed E-state index contributed by atoms with van der Waals surface area (Å²) < 4.78 is 11.6. The fraction of sp³-hybridized carbons (Fsp3) is 0.625. The maximum atomic E-state index is 6.54. The summed E-state index contributed by atoms with van der Waals surface area (Å²) in [6.45, 7) is 2.65. The van der Waals surface area contributed by atoms with Crippen molar-refractivity contribution in [1.82, 2.24) is 0 Å². The van der Waals surface area contributed by atoms with Crippen LogP contribution in [0.25, 0.3) is 0 Å². The Morgan fingerprint density at radius 3 is 2.53 bits per heavy atom. The van der Waals surface area contributed by atoms with Gasteiger partial charge in [0.15, 0.2) is 0 Å². The fourth-order valence-electron chi connectivity index (χ4n) is 3.10. The molecule has 0 bridgehead atoms. The van der Waals surface area contributed by atoms with E-state index in [0.717, 1.165) is 24.2 Å². The standard InChI is InChI=1S/C16H25NO2/c1-3-19-14-10-6-5-9-13(14)15(17)16(18-2)11-7-4-8-12-16/h5-6,9-10,15H,3-4,7-8,11-12,17H2,1-2H3. The molecule has 0 heterocycles. The Labute approximate surface area is 116 Å². The van der Waals surface area contributed by atoms with Gasteiger partial charge >= 0.3 is 0 Å². The van der Waals surface area contributed by atoms with Crippen LogP contribution < -0.4 is 10.5 Å². The molecule has 0 saturated heterocycles. The fourth-order valence-corrected chi connectivity index (χ4v) is 3.10. The predicted molar refractivity (Wildman–Crippen MR) is 77.4 cm³/mol. The Bertz CT molecular complexity index is 399. The minimum absolute atomic E-state index is 0.124. The summed E-state index contributed by atoms with van der Waals surface area (Å²) in [5.41, 5.74) is 7.37. The zero-order chi connectivity index (χ0) is 13.7. The third kappa shape index (κ3) is 2.93. The molecule has 1 unspecified atom stereocenters. The number of hydrogen-bond donors (Lipinski definition) is 1. The average Bonchev–Trinajstić information content (AvgIpc) is 2.48. The smallest absolute Gasteiger partial charge is 0.124 e. The second-order valence-corrected chi connectivity index (χ2v) is 5.28. The Morgan fingerprint density at radius 1 is 1.21 bits per heavy atom. The number of nitrogens with two attached hydrogens (primary N) is 1. The van der Waals surface area contributed by atoms with Gasteiger partial charge in [-0.1, -0.05) is 37.5 Å². The normalized spacial score (nSPS) is 19.9. The minimum Gasteiger partial charge on any atom is -0.494 e. The van der Waals surface area contributed by atoms with Gasteiger partial charge in [-0.3, -0.25) is 0 Å². The molecule has 1 atom stereocenters. The van der Waals surface area contributed by atoms with Crippen molar-refractivity contribution in [3.8, 4) is 5.75 Å². The molecule has 0 amide bonds. The van der Waals surface area contributed by atoms with E-state index in [1.54, 1.807) is 7.11 Å². The zero-order valence-corrected chi connectivity index (χ0v) is 12.0. The molecule has 2 N–H and O–H groups in total. The molecule has 1 aromatic rings. The van der Waals surface area contributed by atoms with Gasteiger partial charge in [-0.05, 0) is 25.8 Å². The molecule has 3 heteroatoms. The van der Waals surface area contributed by atoms with Crippen LogP contribution in [0.15, 0.2) is 24.3 Å². The van der Waals surface area contributed by atoms with E-state index < -0.39 is 0 Å². The highest BCUT2D eigenvalue weighted by Crippen LogP contribution is 2.42. The van der Waals surface area contributed by atoms with E-state index in [1.807, 2.05) is 25.1 Å². The lowest BCUT2D eigenvalue weighted by Crippen LogP contribution is -2.44. The van der Waals surface area contributed by atoms with Crippen LogP contribution in [0.1, 0.15) is 50.6 Å². The predicted octanol–water partition coefficient (Wildman–Crippen LogP) is 3.43. The molecule has 0 spiro atoms. The van der Waals surface area contributed by atoms with Gasteiger partial charge in [-0.25, -0.2) is 0 Å². The quantitative estimate of drug-likeness (QED) is 0.885. The van der Waals surface area contributed by atoms with Gasteiger partial charge in [0.2, 0.25) is 0 Å². The first kappa shape index (κ1) is 14.4. The van der Waals surface area contributed by atoms with Gasteiger partial charge in [-0.2, -0.15) is 0 Å². The average molecular weight is 263 g/mol. The maximum absolute atomic E-state index is 6.54. The van der Waals surface area contributed by atoms with E-state index in [0.29, 0.717) is 6.61 Å². The molecular formula is C16H25NO2. The van der Waals surface area contributed by atoms with Crippen LogP contribution >= 0.6 is 0 Å². The summed E-state index contributed by atoms with van der Waals surface area (Å²) in [7, 11) is 1.79. The molecule has 1 aliphatic rings. The molecule has 19 heavy (non-hydrogen) atoms. The third-order valence-corrected chi connectivity index (χ3v) is 4.23. The Morgan fingerprint density at radius 2 is 1.89 bits per heavy atom. The number of hydrogen-bond acceptors (Lipinski definition) is 3. The molecule has 0 aromatic heterocycles. The third-order valence-electron chi connectivity index (χ3n) is 4.23. The zero-order valence-electron chi connectivity index (χ0n) is 12.0. The van der Waals surface area contributed by atoms with Crippen molar-refractivity contribution in [3.05, 3.63) is 29.8 Å². The van der Waals surface area contributed by atoms with Crippen molar-refractivity contribution in [2.75, 3.05) is 13.7 Å². The summed E-state index contributed by atoms with van der Waals surface area (Å²) in [6, 6.07) is 7.93. The highest BCUT2D eigenvalue weighted by atomic mass is 16.5. The molecular weight excluding hydrogens is 238 g/mol. The summed E-state index contributed by atoms with van der Waals surface area (Å²) in [5, 5.41) is 0. The van der Waals surface area contributed by atoms with E-state index in [4.69, 9.17) is 15.2 Å². The Balaban J connectivity index is 2.28. The van der Waals surface area contributed by atoms with Gasteiger partial charge in [0, 0.05) is 12.7 Å². The summed E-state index contributed by atoms with van der Waals surface area (Å²) in [6.07, 6.45) is 5.73. The lowest BCUT2D eigenvalue weighted by atomic mass is 9.77. The van der Waals surface area contributed by atoms with E-state index in [9.17, 15) is 0 Å². The van der Waals surface area contributed by atoms with Crippen molar-refractivity contribution in [2.24, 2.45) is 5.73 Å².